The lowest BCUT2D eigenvalue weighted by molar-refractivity contribution is -0.122. The van der Waals surface area contributed by atoms with Gasteiger partial charge in [0.1, 0.15) is 6.04 Å². The number of halogens is 2. The maximum Gasteiger partial charge on any atom is 0.247 e. The van der Waals surface area contributed by atoms with Crippen LogP contribution in [0.3, 0.4) is 0 Å². The van der Waals surface area contributed by atoms with Crippen LogP contribution in [0.4, 0.5) is 14.5 Å². The molecule has 0 aliphatic heterocycles. The van der Waals surface area contributed by atoms with Crippen LogP contribution in [0.1, 0.15) is 24.4 Å². The fourth-order valence-electron chi connectivity index (χ4n) is 2.21. The molecule has 3 rings (SSSR count). The van der Waals surface area contributed by atoms with Crippen LogP contribution in [-0.2, 0) is 4.79 Å². The SMILES string of the molecule is O=C(NC1CC1)C(Nc1ccc(F)c(F)c1)c1ccccc1. The van der Waals surface area contributed by atoms with Crippen molar-refractivity contribution in [1.29, 1.82) is 0 Å². The van der Waals surface area contributed by atoms with E-state index in [0.717, 1.165) is 30.5 Å². The molecule has 22 heavy (non-hydrogen) atoms. The molecule has 5 heteroatoms. The number of carbonyl (C=O) groups excluding carboxylic acids is 1. The summed E-state index contributed by atoms with van der Waals surface area (Å²) in [5.41, 5.74) is 1.13. The Bertz CT molecular complexity index is 672. The number of carbonyl (C=O) groups is 1. The summed E-state index contributed by atoms with van der Waals surface area (Å²) in [5.74, 6) is -2.03. The van der Waals surface area contributed by atoms with Crippen molar-refractivity contribution < 1.29 is 13.6 Å². The van der Waals surface area contributed by atoms with Gasteiger partial charge in [0.25, 0.3) is 0 Å². The summed E-state index contributed by atoms with van der Waals surface area (Å²) in [6.45, 7) is 0. The Morgan fingerprint density at radius 1 is 1.05 bits per heavy atom. The van der Waals surface area contributed by atoms with E-state index in [1.807, 2.05) is 30.3 Å². The van der Waals surface area contributed by atoms with Crippen molar-refractivity contribution in [2.24, 2.45) is 0 Å². The van der Waals surface area contributed by atoms with Crippen LogP contribution < -0.4 is 10.6 Å². The molecular weight excluding hydrogens is 286 g/mol. The summed E-state index contributed by atoms with van der Waals surface area (Å²) in [5, 5.41) is 5.91. The number of anilines is 1. The molecule has 0 bridgehead atoms. The zero-order chi connectivity index (χ0) is 15.5. The lowest BCUT2D eigenvalue weighted by atomic mass is 10.1. The van der Waals surface area contributed by atoms with Crippen LogP contribution in [0.5, 0.6) is 0 Å². The summed E-state index contributed by atoms with van der Waals surface area (Å²) in [6, 6.07) is 12.3. The molecule has 2 aromatic carbocycles. The molecule has 2 N–H and O–H groups in total. The Hall–Kier alpha value is -2.43. The van der Waals surface area contributed by atoms with Gasteiger partial charge in [0.2, 0.25) is 5.91 Å². The standard InChI is InChI=1S/C17H16F2N2O/c18-14-9-8-13(10-15(14)19)20-16(11-4-2-1-3-5-11)17(22)21-12-6-7-12/h1-5,8-10,12,16,20H,6-7H2,(H,21,22). The first-order valence-electron chi connectivity index (χ1n) is 7.20. The fourth-order valence-corrected chi connectivity index (χ4v) is 2.21. The summed E-state index contributed by atoms with van der Waals surface area (Å²) in [7, 11) is 0. The lowest BCUT2D eigenvalue weighted by Crippen LogP contribution is -2.34. The van der Waals surface area contributed by atoms with E-state index in [-0.39, 0.29) is 11.9 Å². The maximum atomic E-state index is 13.3. The van der Waals surface area contributed by atoms with E-state index in [0.29, 0.717) is 5.69 Å². The Balaban J connectivity index is 1.83. The number of hydrogen-bond donors (Lipinski definition) is 2. The number of rotatable bonds is 5. The second-order valence-electron chi connectivity index (χ2n) is 5.40. The number of amides is 1. The molecule has 1 fully saturated rings. The molecular formula is C17H16F2N2O. The Morgan fingerprint density at radius 3 is 2.41 bits per heavy atom. The first-order valence-corrected chi connectivity index (χ1v) is 7.20. The van der Waals surface area contributed by atoms with E-state index < -0.39 is 17.7 Å². The second kappa shape index (κ2) is 6.13. The van der Waals surface area contributed by atoms with Crippen LogP contribution >= 0.6 is 0 Å². The van der Waals surface area contributed by atoms with E-state index in [4.69, 9.17) is 0 Å². The van der Waals surface area contributed by atoms with Gasteiger partial charge in [0, 0.05) is 17.8 Å². The minimum Gasteiger partial charge on any atom is -0.370 e. The largest absolute Gasteiger partial charge is 0.370 e. The van der Waals surface area contributed by atoms with E-state index in [1.54, 1.807) is 0 Å². The second-order valence-corrected chi connectivity index (χ2v) is 5.40. The summed E-state index contributed by atoms with van der Waals surface area (Å²) >= 11 is 0. The molecule has 0 aromatic heterocycles. The Kier molecular flexibility index (Phi) is 4.04. The van der Waals surface area contributed by atoms with Crippen LogP contribution in [0.15, 0.2) is 48.5 Å². The molecule has 1 unspecified atom stereocenters. The van der Waals surface area contributed by atoms with Crippen molar-refractivity contribution in [2.75, 3.05) is 5.32 Å². The third-order valence-corrected chi connectivity index (χ3v) is 3.55. The van der Waals surface area contributed by atoms with Crippen molar-refractivity contribution in [3.05, 3.63) is 65.7 Å². The topological polar surface area (TPSA) is 41.1 Å². The summed E-state index contributed by atoms with van der Waals surface area (Å²) < 4.78 is 26.4. The van der Waals surface area contributed by atoms with Crippen molar-refractivity contribution in [3.8, 4) is 0 Å². The average Bonchev–Trinajstić information content (AvgIpc) is 3.33. The van der Waals surface area contributed by atoms with Crippen molar-refractivity contribution in [1.82, 2.24) is 5.32 Å². The third kappa shape index (κ3) is 3.42. The highest BCUT2D eigenvalue weighted by Gasteiger charge is 2.28. The normalized spacial score (nSPS) is 15.2. The van der Waals surface area contributed by atoms with Gasteiger partial charge in [-0.15, -0.1) is 0 Å². The average molecular weight is 302 g/mol. The lowest BCUT2D eigenvalue weighted by Gasteiger charge is -2.20. The zero-order valence-corrected chi connectivity index (χ0v) is 11.9. The Morgan fingerprint density at radius 2 is 1.77 bits per heavy atom. The van der Waals surface area contributed by atoms with Gasteiger partial charge in [0.05, 0.1) is 0 Å². The minimum atomic E-state index is -0.945. The number of nitrogens with one attached hydrogen (secondary N) is 2. The van der Waals surface area contributed by atoms with Gasteiger partial charge >= 0.3 is 0 Å². The van der Waals surface area contributed by atoms with E-state index >= 15 is 0 Å². The third-order valence-electron chi connectivity index (χ3n) is 3.55. The number of hydrogen-bond acceptors (Lipinski definition) is 2. The van der Waals surface area contributed by atoms with Crippen molar-refractivity contribution in [3.63, 3.8) is 0 Å². The molecule has 0 spiro atoms. The van der Waals surface area contributed by atoms with Gasteiger partial charge in [-0.1, -0.05) is 30.3 Å². The predicted molar refractivity (Wildman–Crippen MR) is 80.3 cm³/mol. The van der Waals surface area contributed by atoms with E-state index in [9.17, 15) is 13.6 Å². The van der Waals surface area contributed by atoms with Gasteiger partial charge in [-0.3, -0.25) is 4.79 Å². The molecule has 1 aliphatic rings. The van der Waals surface area contributed by atoms with Gasteiger partial charge < -0.3 is 10.6 Å². The molecule has 3 nitrogen and oxygen atoms in total. The van der Waals surface area contributed by atoms with Crippen LogP contribution in [0.25, 0.3) is 0 Å². The molecule has 114 valence electrons. The first-order chi connectivity index (χ1) is 10.6. The highest BCUT2D eigenvalue weighted by molar-refractivity contribution is 5.86. The fraction of sp³-hybridized carbons (Fsp3) is 0.235. The van der Waals surface area contributed by atoms with Crippen LogP contribution in [0, 0.1) is 11.6 Å². The summed E-state index contributed by atoms with van der Waals surface area (Å²) in [4.78, 5) is 12.4. The van der Waals surface area contributed by atoms with Crippen molar-refractivity contribution in [2.45, 2.75) is 24.9 Å². The highest BCUT2D eigenvalue weighted by Crippen LogP contribution is 2.24. The highest BCUT2D eigenvalue weighted by atomic mass is 19.2. The molecule has 1 saturated carbocycles. The molecule has 1 atom stereocenters. The molecule has 0 heterocycles. The van der Waals surface area contributed by atoms with Gasteiger partial charge in [-0.2, -0.15) is 0 Å². The predicted octanol–water partition coefficient (Wildman–Crippen LogP) is 3.40. The van der Waals surface area contributed by atoms with Crippen LogP contribution in [0.2, 0.25) is 0 Å². The smallest absolute Gasteiger partial charge is 0.247 e. The molecule has 1 amide bonds. The molecule has 0 saturated heterocycles. The van der Waals surface area contributed by atoms with E-state index in [2.05, 4.69) is 10.6 Å². The van der Waals surface area contributed by atoms with Gasteiger partial charge in [0.15, 0.2) is 11.6 Å². The van der Waals surface area contributed by atoms with Crippen LogP contribution in [-0.4, -0.2) is 11.9 Å². The van der Waals surface area contributed by atoms with Gasteiger partial charge in [-0.05, 0) is 30.5 Å². The molecule has 1 aliphatic carbocycles. The molecule has 2 aromatic rings. The zero-order valence-electron chi connectivity index (χ0n) is 11.9. The monoisotopic (exact) mass is 302 g/mol. The number of benzene rings is 2. The van der Waals surface area contributed by atoms with Gasteiger partial charge in [-0.25, -0.2) is 8.78 Å². The summed E-state index contributed by atoms with van der Waals surface area (Å²) in [6.07, 6.45) is 1.97. The minimum absolute atomic E-state index is 0.168. The quantitative estimate of drug-likeness (QED) is 0.889. The first kappa shape index (κ1) is 14.5. The Labute approximate surface area is 127 Å². The molecule has 0 radical (unpaired) electrons. The van der Waals surface area contributed by atoms with E-state index in [1.165, 1.54) is 6.07 Å². The van der Waals surface area contributed by atoms with Crippen molar-refractivity contribution >= 4 is 11.6 Å². The maximum absolute atomic E-state index is 13.3.